The van der Waals surface area contributed by atoms with Crippen LogP contribution in [0.5, 0.6) is 0 Å². The number of fused-ring (bicyclic) bond motifs is 1. The fraction of sp³-hybridized carbons (Fsp3) is 0.600. The van der Waals surface area contributed by atoms with Crippen LogP contribution < -0.4 is 0 Å². The maximum Gasteiger partial charge on any atom is 0.179 e. The van der Waals surface area contributed by atoms with Gasteiger partial charge in [-0.15, -0.1) is 0 Å². The number of rotatable bonds is 3. The summed E-state index contributed by atoms with van der Waals surface area (Å²) in [6, 6.07) is 2.62. The molecule has 20 heavy (non-hydrogen) atoms. The first-order chi connectivity index (χ1) is 9.65. The van der Waals surface area contributed by atoms with E-state index in [1.807, 2.05) is 6.20 Å². The molecule has 0 bridgehead atoms. The first-order valence-corrected chi connectivity index (χ1v) is 7.85. The fourth-order valence-corrected chi connectivity index (χ4v) is 3.33. The Kier molecular flexibility index (Phi) is 3.89. The maximum absolute atomic E-state index is 5.46. The molecule has 0 radical (unpaired) electrons. The Balaban J connectivity index is 1.86. The molecule has 2 aromatic heterocycles. The van der Waals surface area contributed by atoms with E-state index in [0.29, 0.717) is 6.04 Å². The smallest absolute Gasteiger partial charge is 0.179 e. The van der Waals surface area contributed by atoms with Crippen molar-refractivity contribution in [2.75, 3.05) is 13.1 Å². The van der Waals surface area contributed by atoms with Crippen LogP contribution in [0.25, 0.3) is 11.2 Å². The average Bonchev–Trinajstić information content (AvgIpc) is 2.75. The van der Waals surface area contributed by atoms with Crippen LogP contribution >= 0.6 is 12.2 Å². The molecule has 108 valence electrons. The van der Waals surface area contributed by atoms with Gasteiger partial charge in [0.25, 0.3) is 0 Å². The predicted octanol–water partition coefficient (Wildman–Crippen LogP) is 3.28. The van der Waals surface area contributed by atoms with Crippen LogP contribution in [0.2, 0.25) is 0 Å². The lowest BCUT2D eigenvalue weighted by Crippen LogP contribution is -2.39. The largest absolute Gasteiger partial charge is 0.329 e. The molecule has 1 unspecified atom stereocenters. The lowest BCUT2D eigenvalue weighted by Gasteiger charge is -2.32. The molecule has 3 rings (SSSR count). The van der Waals surface area contributed by atoms with Crippen molar-refractivity contribution in [1.82, 2.24) is 19.4 Å². The molecular formula is C15H22N4S. The minimum absolute atomic E-state index is 0.504. The minimum Gasteiger partial charge on any atom is -0.329 e. The Bertz CT molecular complexity index is 651. The van der Waals surface area contributed by atoms with E-state index in [1.165, 1.54) is 32.4 Å². The number of nitrogens with one attached hydrogen (secondary N) is 1. The van der Waals surface area contributed by atoms with Gasteiger partial charge in [0.05, 0.1) is 5.52 Å². The molecule has 1 N–H and O–H groups in total. The molecule has 0 aromatic carbocycles. The van der Waals surface area contributed by atoms with Gasteiger partial charge in [-0.3, -0.25) is 9.47 Å². The highest BCUT2D eigenvalue weighted by Gasteiger charge is 2.18. The van der Waals surface area contributed by atoms with E-state index < -0.39 is 0 Å². The van der Waals surface area contributed by atoms with Gasteiger partial charge >= 0.3 is 0 Å². The SMILES string of the molecule is Cc1cnc2c(c1)[nH]c(=S)n2CC(C)N1CCCCC1. The molecule has 0 amide bonds. The van der Waals surface area contributed by atoms with Gasteiger partial charge in [0.15, 0.2) is 10.4 Å². The van der Waals surface area contributed by atoms with E-state index in [2.05, 4.69) is 39.3 Å². The van der Waals surface area contributed by atoms with E-state index >= 15 is 0 Å². The highest BCUT2D eigenvalue weighted by atomic mass is 32.1. The zero-order valence-electron chi connectivity index (χ0n) is 12.2. The Morgan fingerprint density at radius 2 is 2.10 bits per heavy atom. The third-order valence-electron chi connectivity index (χ3n) is 4.21. The summed E-state index contributed by atoms with van der Waals surface area (Å²) in [6.45, 7) is 7.68. The van der Waals surface area contributed by atoms with Crippen molar-refractivity contribution < 1.29 is 0 Å². The first kappa shape index (κ1) is 13.8. The number of pyridine rings is 1. The predicted molar refractivity (Wildman–Crippen MR) is 84.5 cm³/mol. The van der Waals surface area contributed by atoms with E-state index in [9.17, 15) is 0 Å². The van der Waals surface area contributed by atoms with Crippen molar-refractivity contribution in [3.05, 3.63) is 22.6 Å². The van der Waals surface area contributed by atoms with Crippen LogP contribution in [0.1, 0.15) is 31.7 Å². The van der Waals surface area contributed by atoms with Gasteiger partial charge in [0.2, 0.25) is 0 Å². The number of aromatic nitrogens is 3. The molecule has 0 spiro atoms. The van der Waals surface area contributed by atoms with E-state index in [4.69, 9.17) is 12.2 Å². The third kappa shape index (κ3) is 2.65. The summed E-state index contributed by atoms with van der Waals surface area (Å²) in [7, 11) is 0. The Morgan fingerprint density at radius 1 is 1.35 bits per heavy atom. The van der Waals surface area contributed by atoms with Crippen LogP contribution in [-0.4, -0.2) is 38.6 Å². The van der Waals surface area contributed by atoms with E-state index in [-0.39, 0.29) is 0 Å². The third-order valence-corrected chi connectivity index (χ3v) is 4.53. The number of aromatic amines is 1. The van der Waals surface area contributed by atoms with Gasteiger partial charge in [-0.1, -0.05) is 6.42 Å². The first-order valence-electron chi connectivity index (χ1n) is 7.44. The van der Waals surface area contributed by atoms with Crippen molar-refractivity contribution in [3.8, 4) is 0 Å². The zero-order valence-corrected chi connectivity index (χ0v) is 13.0. The Labute approximate surface area is 124 Å². The van der Waals surface area contributed by atoms with Crippen LogP contribution in [0.15, 0.2) is 12.3 Å². The Hall–Kier alpha value is -1.20. The van der Waals surface area contributed by atoms with Gasteiger partial charge in [-0.2, -0.15) is 0 Å². The maximum atomic E-state index is 5.46. The molecule has 3 heterocycles. The molecule has 1 atom stereocenters. The van der Waals surface area contributed by atoms with Crippen LogP contribution in [-0.2, 0) is 6.54 Å². The molecule has 2 aromatic rings. The van der Waals surface area contributed by atoms with Gasteiger partial charge in [-0.05, 0) is 63.6 Å². The van der Waals surface area contributed by atoms with Crippen molar-refractivity contribution in [3.63, 3.8) is 0 Å². The standard InChI is InChI=1S/C15H22N4S/c1-11-8-13-14(16-9-11)19(15(20)17-13)10-12(2)18-6-4-3-5-7-18/h8-9,12H,3-7,10H2,1-2H3,(H,17,20). The van der Waals surface area contributed by atoms with Crippen molar-refractivity contribution >= 4 is 23.4 Å². The van der Waals surface area contributed by atoms with E-state index in [1.54, 1.807) is 0 Å². The molecule has 0 saturated carbocycles. The number of piperidine rings is 1. The van der Waals surface area contributed by atoms with Crippen LogP contribution in [0.3, 0.4) is 0 Å². The van der Waals surface area contributed by atoms with Gasteiger partial charge in [0, 0.05) is 18.8 Å². The number of aryl methyl sites for hydroxylation is 1. The number of hydrogen-bond acceptors (Lipinski definition) is 3. The second-order valence-corrected chi connectivity index (χ2v) is 6.26. The summed E-state index contributed by atoms with van der Waals surface area (Å²) < 4.78 is 2.92. The van der Waals surface area contributed by atoms with Crippen molar-refractivity contribution in [2.45, 2.75) is 45.7 Å². The molecule has 1 aliphatic heterocycles. The summed E-state index contributed by atoms with van der Waals surface area (Å²) in [4.78, 5) is 10.4. The Morgan fingerprint density at radius 3 is 2.85 bits per heavy atom. The van der Waals surface area contributed by atoms with Crippen LogP contribution in [0.4, 0.5) is 0 Å². The van der Waals surface area contributed by atoms with Gasteiger partial charge in [0.1, 0.15) is 0 Å². The van der Waals surface area contributed by atoms with Gasteiger partial charge < -0.3 is 4.98 Å². The molecule has 4 nitrogen and oxygen atoms in total. The quantitative estimate of drug-likeness (QED) is 0.881. The normalized spacial score (nSPS) is 18.5. The summed E-state index contributed by atoms with van der Waals surface area (Å²) in [5.41, 5.74) is 3.18. The second-order valence-electron chi connectivity index (χ2n) is 5.87. The second kappa shape index (κ2) is 5.66. The monoisotopic (exact) mass is 290 g/mol. The minimum atomic E-state index is 0.504. The zero-order chi connectivity index (χ0) is 14.1. The number of imidazole rings is 1. The number of hydrogen-bond donors (Lipinski definition) is 1. The summed E-state index contributed by atoms with van der Waals surface area (Å²) in [6.07, 6.45) is 5.92. The molecule has 1 aliphatic rings. The van der Waals surface area contributed by atoms with Gasteiger partial charge in [-0.25, -0.2) is 4.98 Å². The van der Waals surface area contributed by atoms with Crippen molar-refractivity contribution in [2.24, 2.45) is 0 Å². The molecule has 1 saturated heterocycles. The lowest BCUT2D eigenvalue weighted by atomic mass is 10.1. The molecular weight excluding hydrogens is 268 g/mol. The molecule has 1 fully saturated rings. The fourth-order valence-electron chi connectivity index (χ4n) is 3.06. The van der Waals surface area contributed by atoms with Crippen LogP contribution in [0, 0.1) is 11.7 Å². The van der Waals surface area contributed by atoms with E-state index in [0.717, 1.165) is 28.0 Å². The number of likely N-dealkylation sites (tertiary alicyclic amines) is 1. The number of nitrogens with zero attached hydrogens (tertiary/aromatic N) is 3. The average molecular weight is 290 g/mol. The summed E-state index contributed by atoms with van der Waals surface area (Å²) in [5, 5.41) is 0. The highest BCUT2D eigenvalue weighted by Crippen LogP contribution is 2.17. The lowest BCUT2D eigenvalue weighted by molar-refractivity contribution is 0.160. The summed E-state index contributed by atoms with van der Waals surface area (Å²) >= 11 is 5.46. The molecule has 0 aliphatic carbocycles. The molecule has 5 heteroatoms. The van der Waals surface area contributed by atoms with Crippen molar-refractivity contribution in [1.29, 1.82) is 0 Å². The number of H-pyrrole nitrogens is 1. The topological polar surface area (TPSA) is 36.9 Å². The summed E-state index contributed by atoms with van der Waals surface area (Å²) in [5.74, 6) is 0. The highest BCUT2D eigenvalue weighted by molar-refractivity contribution is 7.71.